The van der Waals surface area contributed by atoms with Crippen LogP contribution in [-0.2, 0) is 4.74 Å². The van der Waals surface area contributed by atoms with Crippen LogP contribution in [-0.4, -0.2) is 36.2 Å². The number of aliphatic imine (C=N–C) groups is 1. The van der Waals surface area contributed by atoms with Crippen LogP contribution in [0, 0.1) is 0 Å². The van der Waals surface area contributed by atoms with Crippen molar-refractivity contribution in [3.05, 3.63) is 0 Å². The van der Waals surface area contributed by atoms with Gasteiger partial charge in [-0.15, -0.1) is 0 Å². The fourth-order valence-electron chi connectivity index (χ4n) is 1.99. The zero-order valence-corrected chi connectivity index (χ0v) is 10.2. The van der Waals surface area contributed by atoms with Gasteiger partial charge in [-0.05, 0) is 19.3 Å². The van der Waals surface area contributed by atoms with Crippen molar-refractivity contribution < 1.29 is 4.74 Å². The van der Waals surface area contributed by atoms with Crippen LogP contribution in [0.15, 0.2) is 4.99 Å². The predicted octanol–water partition coefficient (Wildman–Crippen LogP) is 2.03. The standard InChI is InChI=1S/C11H20N2OS/c1-2-3-10-8-12-11(15-10)13-9-4-6-14-7-5-9/h9-10H,2-8H2,1H3,(H,12,13). The number of thioether (sulfide) groups is 1. The normalized spacial score (nSPS) is 27.8. The summed E-state index contributed by atoms with van der Waals surface area (Å²) >= 11 is 1.93. The van der Waals surface area contributed by atoms with Crippen molar-refractivity contribution in [2.75, 3.05) is 19.8 Å². The third-order valence-electron chi connectivity index (χ3n) is 2.88. The van der Waals surface area contributed by atoms with Gasteiger partial charge in [-0.2, -0.15) is 0 Å². The van der Waals surface area contributed by atoms with E-state index in [-0.39, 0.29) is 0 Å². The Kier molecular flexibility index (Phi) is 4.32. The van der Waals surface area contributed by atoms with Gasteiger partial charge in [0.15, 0.2) is 5.17 Å². The van der Waals surface area contributed by atoms with E-state index in [2.05, 4.69) is 17.2 Å². The molecule has 0 aromatic carbocycles. The number of ether oxygens (including phenoxy) is 1. The highest BCUT2D eigenvalue weighted by Crippen LogP contribution is 2.24. The molecule has 2 aliphatic heterocycles. The Labute approximate surface area is 96.1 Å². The average molecular weight is 228 g/mol. The summed E-state index contributed by atoms with van der Waals surface area (Å²) in [6, 6.07) is 0.588. The van der Waals surface area contributed by atoms with Gasteiger partial charge in [0, 0.05) is 24.5 Å². The number of amidine groups is 1. The molecule has 15 heavy (non-hydrogen) atoms. The molecule has 86 valence electrons. The number of rotatable bonds is 3. The molecule has 0 radical (unpaired) electrons. The first-order valence-electron chi connectivity index (χ1n) is 5.94. The highest BCUT2D eigenvalue weighted by Gasteiger charge is 2.21. The summed E-state index contributed by atoms with van der Waals surface area (Å²) in [5.41, 5.74) is 0. The molecule has 4 heteroatoms. The Balaban J connectivity index is 1.71. The zero-order valence-electron chi connectivity index (χ0n) is 9.37. The van der Waals surface area contributed by atoms with Crippen LogP contribution in [0.1, 0.15) is 32.6 Å². The summed E-state index contributed by atoms with van der Waals surface area (Å²) < 4.78 is 5.34. The lowest BCUT2D eigenvalue weighted by Crippen LogP contribution is -2.37. The van der Waals surface area contributed by atoms with Gasteiger partial charge in [-0.25, -0.2) is 0 Å². The summed E-state index contributed by atoms with van der Waals surface area (Å²) in [7, 11) is 0. The molecule has 2 heterocycles. The van der Waals surface area contributed by atoms with Crippen LogP contribution in [0.3, 0.4) is 0 Å². The second-order valence-electron chi connectivity index (χ2n) is 4.21. The Morgan fingerprint density at radius 3 is 3.00 bits per heavy atom. The number of hydrogen-bond donors (Lipinski definition) is 1. The zero-order chi connectivity index (χ0) is 10.5. The first kappa shape index (κ1) is 11.3. The topological polar surface area (TPSA) is 33.6 Å². The second-order valence-corrected chi connectivity index (χ2v) is 5.49. The van der Waals surface area contributed by atoms with Gasteiger partial charge in [-0.3, -0.25) is 4.99 Å². The molecule has 0 saturated carbocycles. The predicted molar refractivity (Wildman–Crippen MR) is 65.6 cm³/mol. The minimum Gasteiger partial charge on any atom is -0.381 e. The van der Waals surface area contributed by atoms with Gasteiger partial charge in [0.25, 0.3) is 0 Å². The van der Waals surface area contributed by atoms with E-state index in [9.17, 15) is 0 Å². The molecule has 1 unspecified atom stereocenters. The van der Waals surface area contributed by atoms with Gasteiger partial charge in [0.1, 0.15) is 0 Å². The highest BCUT2D eigenvalue weighted by molar-refractivity contribution is 8.14. The SMILES string of the molecule is CCCC1CN=C(NC2CCOCC2)S1. The third kappa shape index (κ3) is 3.38. The average Bonchev–Trinajstić information content (AvgIpc) is 2.68. The van der Waals surface area contributed by atoms with Gasteiger partial charge in [0.2, 0.25) is 0 Å². The van der Waals surface area contributed by atoms with Crippen molar-refractivity contribution >= 4 is 16.9 Å². The molecule has 1 saturated heterocycles. The maximum absolute atomic E-state index is 5.34. The van der Waals surface area contributed by atoms with Crippen molar-refractivity contribution in [1.29, 1.82) is 0 Å². The van der Waals surface area contributed by atoms with Gasteiger partial charge in [0.05, 0.1) is 6.54 Å². The van der Waals surface area contributed by atoms with Crippen LogP contribution in [0.5, 0.6) is 0 Å². The van der Waals surface area contributed by atoms with E-state index < -0.39 is 0 Å². The maximum atomic E-state index is 5.34. The van der Waals surface area contributed by atoms with Crippen LogP contribution in [0.25, 0.3) is 0 Å². The van der Waals surface area contributed by atoms with Crippen molar-refractivity contribution in [2.45, 2.75) is 43.9 Å². The molecule has 3 nitrogen and oxygen atoms in total. The minimum atomic E-state index is 0.588. The molecule has 2 rings (SSSR count). The molecular weight excluding hydrogens is 208 g/mol. The lowest BCUT2D eigenvalue weighted by molar-refractivity contribution is 0.0826. The molecule has 0 spiro atoms. The summed E-state index contributed by atoms with van der Waals surface area (Å²) in [5, 5.41) is 5.43. The Bertz CT molecular complexity index is 227. The van der Waals surface area contributed by atoms with E-state index in [0.29, 0.717) is 6.04 Å². The Morgan fingerprint density at radius 2 is 2.27 bits per heavy atom. The van der Waals surface area contributed by atoms with Crippen LogP contribution in [0.4, 0.5) is 0 Å². The van der Waals surface area contributed by atoms with Crippen molar-refractivity contribution in [3.8, 4) is 0 Å². The molecule has 0 amide bonds. The number of nitrogens with one attached hydrogen (secondary N) is 1. The molecule has 1 N–H and O–H groups in total. The molecule has 1 fully saturated rings. The smallest absolute Gasteiger partial charge is 0.157 e. The van der Waals surface area contributed by atoms with Crippen molar-refractivity contribution in [2.24, 2.45) is 4.99 Å². The van der Waals surface area contributed by atoms with E-state index in [1.807, 2.05) is 11.8 Å². The lowest BCUT2D eigenvalue weighted by Gasteiger charge is -2.23. The number of hydrogen-bond acceptors (Lipinski definition) is 4. The molecule has 2 aliphatic rings. The van der Waals surface area contributed by atoms with E-state index in [1.165, 1.54) is 18.0 Å². The molecule has 0 aromatic rings. The summed E-state index contributed by atoms with van der Waals surface area (Å²) in [6.45, 7) is 5.04. The first-order valence-corrected chi connectivity index (χ1v) is 6.82. The fraction of sp³-hybridized carbons (Fsp3) is 0.909. The fourth-order valence-corrected chi connectivity index (χ4v) is 3.19. The molecule has 1 atom stereocenters. The van der Waals surface area contributed by atoms with Crippen LogP contribution in [0.2, 0.25) is 0 Å². The monoisotopic (exact) mass is 228 g/mol. The highest BCUT2D eigenvalue weighted by atomic mass is 32.2. The molecule has 0 aromatic heterocycles. The van der Waals surface area contributed by atoms with Gasteiger partial charge < -0.3 is 10.1 Å². The summed E-state index contributed by atoms with van der Waals surface area (Å²) in [5.74, 6) is 0. The largest absolute Gasteiger partial charge is 0.381 e. The van der Waals surface area contributed by atoms with Gasteiger partial charge >= 0.3 is 0 Å². The van der Waals surface area contributed by atoms with E-state index >= 15 is 0 Å². The van der Waals surface area contributed by atoms with Crippen LogP contribution < -0.4 is 5.32 Å². The van der Waals surface area contributed by atoms with E-state index in [0.717, 1.165) is 37.9 Å². The molecule has 0 bridgehead atoms. The quantitative estimate of drug-likeness (QED) is 0.802. The van der Waals surface area contributed by atoms with Crippen molar-refractivity contribution in [1.82, 2.24) is 5.32 Å². The van der Waals surface area contributed by atoms with E-state index in [4.69, 9.17) is 4.74 Å². The van der Waals surface area contributed by atoms with Crippen molar-refractivity contribution in [3.63, 3.8) is 0 Å². The van der Waals surface area contributed by atoms with Crippen LogP contribution >= 0.6 is 11.8 Å². The maximum Gasteiger partial charge on any atom is 0.157 e. The number of nitrogens with zero attached hydrogens (tertiary/aromatic N) is 1. The third-order valence-corrected chi connectivity index (χ3v) is 4.06. The molecular formula is C11H20N2OS. The minimum absolute atomic E-state index is 0.588. The van der Waals surface area contributed by atoms with E-state index in [1.54, 1.807) is 0 Å². The lowest BCUT2D eigenvalue weighted by atomic mass is 10.1. The molecule has 0 aliphatic carbocycles. The summed E-state index contributed by atoms with van der Waals surface area (Å²) in [4.78, 5) is 4.56. The Morgan fingerprint density at radius 1 is 1.47 bits per heavy atom. The Hall–Kier alpha value is -0.220. The first-order chi connectivity index (χ1) is 7.38. The van der Waals surface area contributed by atoms with Gasteiger partial charge in [-0.1, -0.05) is 25.1 Å². The summed E-state index contributed by atoms with van der Waals surface area (Å²) in [6.07, 6.45) is 4.79. The second kappa shape index (κ2) is 5.75.